The lowest BCUT2D eigenvalue weighted by Crippen LogP contribution is -2.41. The number of rotatable bonds is 5. The summed E-state index contributed by atoms with van der Waals surface area (Å²) in [5.41, 5.74) is 0. The van der Waals surface area contributed by atoms with Gasteiger partial charge in [-0.25, -0.2) is 4.68 Å². The lowest BCUT2D eigenvalue weighted by Gasteiger charge is -2.27. The van der Waals surface area contributed by atoms with Crippen molar-refractivity contribution in [3.05, 3.63) is 0 Å². The maximum Gasteiger partial charge on any atom is 0.226 e. The lowest BCUT2D eigenvalue weighted by atomic mass is 10.5. The molecule has 10 heteroatoms. The first-order valence-corrected chi connectivity index (χ1v) is 5.92. The molecular weight excluding hydrogens is 250 g/mol. The molecule has 0 saturated carbocycles. The van der Waals surface area contributed by atoms with E-state index in [9.17, 15) is 0 Å². The van der Waals surface area contributed by atoms with Crippen LogP contribution in [0.5, 0.6) is 0 Å². The van der Waals surface area contributed by atoms with Crippen LogP contribution >= 0.6 is 0 Å². The molecule has 0 fully saturated rings. The molecule has 1 N–H and O–H groups in total. The number of hydrogen-bond donors (Lipinski definition) is 0. The number of nitrogens with zero attached hydrogens (tertiary/aromatic N) is 9. The van der Waals surface area contributed by atoms with E-state index in [4.69, 9.17) is 0 Å². The Kier molecular flexibility index (Phi) is 4.62. The van der Waals surface area contributed by atoms with E-state index in [1.165, 1.54) is 0 Å². The molecule has 2 rings (SSSR count). The van der Waals surface area contributed by atoms with E-state index in [1.54, 1.807) is 9.36 Å². The molecule has 0 radical (unpaired) electrons. The first-order valence-electron chi connectivity index (χ1n) is 5.92. The van der Waals surface area contributed by atoms with E-state index in [-0.39, 0.29) is 5.48 Å². The average Bonchev–Trinajstić information content (AvgIpc) is 2.96. The van der Waals surface area contributed by atoms with Crippen LogP contribution in [0.15, 0.2) is 0 Å². The second-order valence-electron chi connectivity index (χ2n) is 4.71. The van der Waals surface area contributed by atoms with Crippen molar-refractivity contribution in [1.29, 1.82) is 0 Å². The van der Waals surface area contributed by atoms with Gasteiger partial charge in [0.2, 0.25) is 11.6 Å². The maximum atomic E-state index is 4.01. The largest absolute Gasteiger partial charge is 0.870 e. The van der Waals surface area contributed by atoms with E-state index in [0.29, 0.717) is 24.9 Å². The van der Waals surface area contributed by atoms with Gasteiger partial charge in [0.1, 0.15) is 0 Å². The van der Waals surface area contributed by atoms with Gasteiger partial charge in [0.25, 0.3) is 0 Å². The maximum absolute atomic E-state index is 4.01. The summed E-state index contributed by atoms with van der Waals surface area (Å²) in [7, 11) is 4.24. The quantitative estimate of drug-likeness (QED) is 0.653. The molecule has 2 aromatic heterocycles. The van der Waals surface area contributed by atoms with Crippen molar-refractivity contribution in [2.45, 2.75) is 27.1 Å². The van der Waals surface area contributed by atoms with Gasteiger partial charge in [-0.3, -0.25) is 0 Å². The molecule has 0 saturated heterocycles. The van der Waals surface area contributed by atoms with Gasteiger partial charge in [0, 0.05) is 6.54 Å². The molecule has 0 aromatic carbocycles. The van der Waals surface area contributed by atoms with Crippen LogP contribution in [0.25, 0.3) is 11.6 Å². The molecule has 2 aromatic rings. The molecule has 0 atom stereocenters. The molecule has 0 unspecified atom stereocenters. The normalized spacial score (nSPS) is 11.4. The summed E-state index contributed by atoms with van der Waals surface area (Å²) < 4.78 is 4.20. The first-order chi connectivity index (χ1) is 8.57. The molecule has 106 valence electrons. The van der Waals surface area contributed by atoms with Crippen LogP contribution in [0.3, 0.4) is 0 Å². The average molecular weight is 269 g/mol. The predicted octanol–water partition coefficient (Wildman–Crippen LogP) is -0.776. The Bertz CT molecular complexity index is 517. The summed E-state index contributed by atoms with van der Waals surface area (Å²) in [6.07, 6.45) is 0. The van der Waals surface area contributed by atoms with Crippen molar-refractivity contribution in [2.24, 2.45) is 0 Å². The SMILES string of the molecule is CCn1nnnc1-c1nnnn1C[N+](C)(C)CC.[OH-]. The van der Waals surface area contributed by atoms with Gasteiger partial charge in [-0.15, -0.1) is 10.2 Å². The van der Waals surface area contributed by atoms with Gasteiger partial charge in [0.05, 0.1) is 20.6 Å². The van der Waals surface area contributed by atoms with E-state index >= 15 is 0 Å². The van der Waals surface area contributed by atoms with Crippen LogP contribution in [0, 0.1) is 0 Å². The Morgan fingerprint density at radius 2 is 1.47 bits per heavy atom. The van der Waals surface area contributed by atoms with Crippen molar-refractivity contribution in [3.63, 3.8) is 0 Å². The van der Waals surface area contributed by atoms with E-state index in [0.717, 1.165) is 11.0 Å². The summed E-state index contributed by atoms with van der Waals surface area (Å²) >= 11 is 0. The number of aromatic nitrogens is 8. The van der Waals surface area contributed by atoms with E-state index in [1.807, 2.05) is 6.92 Å². The lowest BCUT2D eigenvalue weighted by molar-refractivity contribution is -0.911. The Labute approximate surface area is 110 Å². The summed E-state index contributed by atoms with van der Waals surface area (Å²) in [6, 6.07) is 0. The van der Waals surface area contributed by atoms with Crippen molar-refractivity contribution in [3.8, 4) is 11.6 Å². The first kappa shape index (κ1) is 15.1. The van der Waals surface area contributed by atoms with Crippen LogP contribution in [-0.2, 0) is 13.2 Å². The minimum absolute atomic E-state index is 0. The van der Waals surface area contributed by atoms with Crippen molar-refractivity contribution >= 4 is 0 Å². The predicted molar refractivity (Wildman–Crippen MR) is 64.9 cm³/mol. The highest BCUT2D eigenvalue weighted by Crippen LogP contribution is 2.12. The van der Waals surface area contributed by atoms with Crippen LogP contribution < -0.4 is 0 Å². The van der Waals surface area contributed by atoms with Crippen LogP contribution in [0.4, 0.5) is 0 Å². The molecular formula is C9H19N9O. The minimum atomic E-state index is 0. The van der Waals surface area contributed by atoms with E-state index < -0.39 is 0 Å². The molecule has 0 aliphatic rings. The van der Waals surface area contributed by atoms with Gasteiger partial charge in [-0.05, 0) is 34.7 Å². The third-order valence-corrected chi connectivity index (χ3v) is 2.94. The van der Waals surface area contributed by atoms with Gasteiger partial charge >= 0.3 is 0 Å². The van der Waals surface area contributed by atoms with Gasteiger partial charge in [-0.2, -0.15) is 4.68 Å². The number of quaternary nitrogens is 1. The van der Waals surface area contributed by atoms with Gasteiger partial charge < -0.3 is 9.96 Å². The molecule has 0 amide bonds. The highest BCUT2D eigenvalue weighted by molar-refractivity contribution is 5.40. The van der Waals surface area contributed by atoms with Gasteiger partial charge in [-0.1, -0.05) is 0 Å². The summed E-state index contributed by atoms with van der Waals surface area (Å²) in [4.78, 5) is 0. The minimum Gasteiger partial charge on any atom is -0.870 e. The van der Waals surface area contributed by atoms with Crippen LogP contribution in [-0.4, -0.2) is 71.0 Å². The fourth-order valence-corrected chi connectivity index (χ4v) is 1.50. The number of hydrogen-bond acceptors (Lipinski definition) is 7. The van der Waals surface area contributed by atoms with E-state index in [2.05, 4.69) is 52.1 Å². The van der Waals surface area contributed by atoms with Crippen molar-refractivity contribution in [1.82, 2.24) is 40.4 Å². The van der Waals surface area contributed by atoms with Crippen molar-refractivity contribution in [2.75, 3.05) is 20.6 Å². The van der Waals surface area contributed by atoms with Crippen molar-refractivity contribution < 1.29 is 9.96 Å². The van der Waals surface area contributed by atoms with Gasteiger partial charge in [0.15, 0.2) is 6.67 Å². The van der Waals surface area contributed by atoms with Crippen LogP contribution in [0.1, 0.15) is 13.8 Å². The zero-order valence-corrected chi connectivity index (χ0v) is 11.6. The Morgan fingerprint density at radius 1 is 0.947 bits per heavy atom. The highest BCUT2D eigenvalue weighted by Gasteiger charge is 2.21. The summed E-state index contributed by atoms with van der Waals surface area (Å²) in [5.74, 6) is 1.19. The monoisotopic (exact) mass is 269 g/mol. The molecule has 0 spiro atoms. The number of aryl methyl sites for hydroxylation is 1. The Morgan fingerprint density at radius 3 is 2.00 bits per heavy atom. The summed E-state index contributed by atoms with van der Waals surface area (Å²) in [6.45, 7) is 6.44. The number of tetrazole rings is 2. The van der Waals surface area contributed by atoms with Crippen LogP contribution in [0.2, 0.25) is 0 Å². The molecule has 0 aliphatic heterocycles. The second kappa shape index (κ2) is 5.80. The zero-order chi connectivity index (χ0) is 13.2. The Balaban J connectivity index is 0.00000180. The second-order valence-corrected chi connectivity index (χ2v) is 4.71. The molecule has 2 heterocycles. The topological polar surface area (TPSA) is 117 Å². The summed E-state index contributed by atoms with van der Waals surface area (Å²) in [5, 5.41) is 23.3. The highest BCUT2D eigenvalue weighted by atomic mass is 16.0. The standard InChI is InChI=1S/C9H18N9.H2O/c1-5-16-8(10-12-14-16)9-11-13-15-17(9)7-18(3,4)6-2;/h5-7H2,1-4H3;1H2/q+1;/p-1. The zero-order valence-electron chi connectivity index (χ0n) is 11.6. The third kappa shape index (κ3) is 3.09. The fourth-order valence-electron chi connectivity index (χ4n) is 1.50. The Hall–Kier alpha value is -1.94. The third-order valence-electron chi connectivity index (χ3n) is 2.94. The smallest absolute Gasteiger partial charge is 0.226 e. The molecule has 19 heavy (non-hydrogen) atoms. The molecule has 0 aliphatic carbocycles. The fraction of sp³-hybridized carbons (Fsp3) is 0.778. The molecule has 0 bridgehead atoms. The molecule has 10 nitrogen and oxygen atoms in total.